The molecule has 2 rings (SSSR count). The van der Waals surface area contributed by atoms with Crippen LogP contribution in [-0.4, -0.2) is 23.0 Å². The average Bonchev–Trinajstić information content (AvgIpc) is 2.67. The van der Waals surface area contributed by atoms with E-state index in [9.17, 15) is 0 Å². The van der Waals surface area contributed by atoms with Crippen LogP contribution < -0.4 is 5.73 Å². The van der Waals surface area contributed by atoms with Crippen LogP contribution in [0.1, 0.15) is 56.8 Å². The van der Waals surface area contributed by atoms with E-state index in [1.54, 1.807) is 11.3 Å². The fourth-order valence-corrected chi connectivity index (χ4v) is 3.24. The standard InChI is InChI=1S/C14H25N3S/c1-11(15)13-16-12(10-18-13)9-17-7-4-5-14(2,3)6-8-17/h10-11H,4-9,15H2,1-3H3. The predicted octanol–water partition coefficient (Wildman–Crippen LogP) is 3.17. The van der Waals surface area contributed by atoms with Gasteiger partial charge in [0.1, 0.15) is 5.01 Å². The lowest BCUT2D eigenvalue weighted by Crippen LogP contribution is -2.25. The molecule has 1 aliphatic rings. The fourth-order valence-electron chi connectivity index (χ4n) is 2.47. The van der Waals surface area contributed by atoms with Crippen molar-refractivity contribution in [2.45, 2.75) is 52.6 Å². The molecule has 4 heteroatoms. The Morgan fingerprint density at radius 1 is 1.44 bits per heavy atom. The highest BCUT2D eigenvalue weighted by Crippen LogP contribution is 2.30. The smallest absolute Gasteiger partial charge is 0.109 e. The third-order valence-corrected chi connectivity index (χ3v) is 4.87. The molecule has 1 saturated heterocycles. The van der Waals surface area contributed by atoms with Gasteiger partial charge < -0.3 is 5.73 Å². The summed E-state index contributed by atoms with van der Waals surface area (Å²) in [6.45, 7) is 10.1. The second-order valence-electron chi connectivity index (χ2n) is 6.26. The molecule has 2 heterocycles. The van der Waals surface area contributed by atoms with Gasteiger partial charge in [0, 0.05) is 11.9 Å². The summed E-state index contributed by atoms with van der Waals surface area (Å²) in [6.07, 6.45) is 3.93. The van der Waals surface area contributed by atoms with E-state index in [0.29, 0.717) is 5.41 Å². The molecule has 1 unspecified atom stereocenters. The van der Waals surface area contributed by atoms with E-state index in [4.69, 9.17) is 5.73 Å². The molecule has 0 bridgehead atoms. The zero-order valence-corrected chi connectivity index (χ0v) is 12.6. The molecule has 102 valence electrons. The van der Waals surface area contributed by atoms with Crippen LogP contribution in [0.4, 0.5) is 0 Å². The predicted molar refractivity (Wildman–Crippen MR) is 77.6 cm³/mol. The summed E-state index contributed by atoms with van der Waals surface area (Å²) in [5, 5.41) is 3.22. The van der Waals surface area contributed by atoms with Crippen LogP contribution >= 0.6 is 11.3 Å². The molecule has 1 atom stereocenters. The lowest BCUT2D eigenvalue weighted by atomic mass is 9.85. The number of thiazole rings is 1. The van der Waals surface area contributed by atoms with Crippen molar-refractivity contribution in [2.24, 2.45) is 11.1 Å². The molecule has 0 spiro atoms. The van der Waals surface area contributed by atoms with Crippen molar-refractivity contribution < 1.29 is 0 Å². The molecule has 0 aliphatic carbocycles. The third-order valence-electron chi connectivity index (χ3n) is 3.78. The number of rotatable bonds is 3. The Morgan fingerprint density at radius 2 is 2.22 bits per heavy atom. The number of nitrogens with zero attached hydrogens (tertiary/aromatic N) is 2. The molecule has 1 aliphatic heterocycles. The molecule has 3 nitrogen and oxygen atoms in total. The SMILES string of the molecule is CC(N)c1nc(CN2CCCC(C)(C)CC2)cs1. The van der Waals surface area contributed by atoms with Crippen molar-refractivity contribution in [1.82, 2.24) is 9.88 Å². The van der Waals surface area contributed by atoms with E-state index in [2.05, 4.69) is 29.1 Å². The molecule has 1 fully saturated rings. The van der Waals surface area contributed by atoms with E-state index >= 15 is 0 Å². The van der Waals surface area contributed by atoms with Gasteiger partial charge >= 0.3 is 0 Å². The summed E-state index contributed by atoms with van der Waals surface area (Å²) in [6, 6.07) is 0.0619. The average molecular weight is 267 g/mol. The van der Waals surface area contributed by atoms with Crippen molar-refractivity contribution in [3.63, 3.8) is 0 Å². The van der Waals surface area contributed by atoms with Gasteiger partial charge in [-0.15, -0.1) is 11.3 Å². The Morgan fingerprint density at radius 3 is 2.89 bits per heavy atom. The van der Waals surface area contributed by atoms with Crippen LogP contribution in [0.3, 0.4) is 0 Å². The molecule has 0 saturated carbocycles. The van der Waals surface area contributed by atoms with E-state index in [1.165, 1.54) is 38.0 Å². The lowest BCUT2D eigenvalue weighted by molar-refractivity contribution is 0.254. The number of hydrogen-bond donors (Lipinski definition) is 1. The zero-order chi connectivity index (χ0) is 13.2. The monoisotopic (exact) mass is 267 g/mol. The van der Waals surface area contributed by atoms with Gasteiger partial charge in [0.25, 0.3) is 0 Å². The molecular weight excluding hydrogens is 242 g/mol. The van der Waals surface area contributed by atoms with Gasteiger partial charge in [-0.05, 0) is 44.7 Å². The first-order valence-corrected chi connectivity index (χ1v) is 7.76. The molecule has 18 heavy (non-hydrogen) atoms. The van der Waals surface area contributed by atoms with Gasteiger partial charge in [-0.1, -0.05) is 13.8 Å². The Labute approximate surface area is 114 Å². The molecular formula is C14H25N3S. The number of likely N-dealkylation sites (tertiary alicyclic amines) is 1. The number of nitrogens with two attached hydrogens (primary N) is 1. The minimum absolute atomic E-state index is 0.0619. The molecule has 0 aromatic carbocycles. The van der Waals surface area contributed by atoms with Gasteiger partial charge in [-0.2, -0.15) is 0 Å². The first-order valence-electron chi connectivity index (χ1n) is 6.88. The summed E-state index contributed by atoms with van der Waals surface area (Å²) >= 11 is 1.69. The van der Waals surface area contributed by atoms with Crippen molar-refractivity contribution in [3.8, 4) is 0 Å². The zero-order valence-electron chi connectivity index (χ0n) is 11.8. The number of hydrogen-bond acceptors (Lipinski definition) is 4. The molecule has 1 aromatic heterocycles. The van der Waals surface area contributed by atoms with Crippen molar-refractivity contribution >= 4 is 11.3 Å². The summed E-state index contributed by atoms with van der Waals surface area (Å²) in [5.41, 5.74) is 7.55. The van der Waals surface area contributed by atoms with Crippen LogP contribution in [0.5, 0.6) is 0 Å². The molecule has 0 amide bonds. The largest absolute Gasteiger partial charge is 0.322 e. The lowest BCUT2D eigenvalue weighted by Gasteiger charge is -2.22. The van der Waals surface area contributed by atoms with E-state index in [0.717, 1.165) is 11.6 Å². The number of aromatic nitrogens is 1. The molecule has 1 aromatic rings. The van der Waals surface area contributed by atoms with Crippen molar-refractivity contribution in [1.29, 1.82) is 0 Å². The maximum atomic E-state index is 5.86. The summed E-state index contributed by atoms with van der Waals surface area (Å²) in [4.78, 5) is 7.16. The van der Waals surface area contributed by atoms with E-state index in [-0.39, 0.29) is 6.04 Å². The van der Waals surface area contributed by atoms with Gasteiger partial charge in [-0.25, -0.2) is 4.98 Å². The minimum atomic E-state index is 0.0619. The normalized spacial score (nSPS) is 22.7. The molecule has 0 radical (unpaired) electrons. The highest BCUT2D eigenvalue weighted by atomic mass is 32.1. The van der Waals surface area contributed by atoms with Crippen molar-refractivity contribution in [3.05, 3.63) is 16.1 Å². The summed E-state index contributed by atoms with van der Waals surface area (Å²) in [7, 11) is 0. The quantitative estimate of drug-likeness (QED) is 0.914. The maximum absolute atomic E-state index is 5.86. The van der Waals surface area contributed by atoms with Crippen LogP contribution in [0.2, 0.25) is 0 Å². The highest BCUT2D eigenvalue weighted by Gasteiger charge is 2.23. The van der Waals surface area contributed by atoms with Crippen molar-refractivity contribution in [2.75, 3.05) is 13.1 Å². The fraction of sp³-hybridized carbons (Fsp3) is 0.786. The first kappa shape index (κ1) is 14.0. The van der Waals surface area contributed by atoms with Crippen LogP contribution in [0.25, 0.3) is 0 Å². The first-order chi connectivity index (χ1) is 8.46. The Kier molecular flexibility index (Phi) is 4.41. The van der Waals surface area contributed by atoms with Gasteiger partial charge in [0.2, 0.25) is 0 Å². The topological polar surface area (TPSA) is 42.1 Å². The Balaban J connectivity index is 1.92. The van der Waals surface area contributed by atoms with Crippen LogP contribution in [0, 0.1) is 5.41 Å². The third kappa shape index (κ3) is 3.77. The van der Waals surface area contributed by atoms with E-state index in [1.807, 2.05) is 6.92 Å². The Bertz CT molecular complexity index is 384. The summed E-state index contributed by atoms with van der Waals surface area (Å²) in [5.74, 6) is 0. The molecule has 2 N–H and O–H groups in total. The second-order valence-corrected chi connectivity index (χ2v) is 7.15. The van der Waals surface area contributed by atoms with Crippen LogP contribution in [-0.2, 0) is 6.54 Å². The van der Waals surface area contributed by atoms with Gasteiger partial charge in [-0.3, -0.25) is 4.90 Å². The minimum Gasteiger partial charge on any atom is -0.322 e. The van der Waals surface area contributed by atoms with E-state index < -0.39 is 0 Å². The maximum Gasteiger partial charge on any atom is 0.109 e. The van der Waals surface area contributed by atoms with Gasteiger partial charge in [0.05, 0.1) is 11.7 Å². The van der Waals surface area contributed by atoms with Crippen LogP contribution in [0.15, 0.2) is 5.38 Å². The second kappa shape index (κ2) is 5.68. The van der Waals surface area contributed by atoms with Gasteiger partial charge in [0.15, 0.2) is 0 Å². The highest BCUT2D eigenvalue weighted by molar-refractivity contribution is 7.09. The Hall–Kier alpha value is -0.450. The summed E-state index contributed by atoms with van der Waals surface area (Å²) < 4.78 is 0.